The summed E-state index contributed by atoms with van der Waals surface area (Å²) in [6.45, 7) is 11.8. The second-order valence-electron chi connectivity index (χ2n) is 13.8. The molecule has 0 fully saturated rings. The number of hydrogen-bond acceptors (Lipinski definition) is 9. The van der Waals surface area contributed by atoms with Crippen LogP contribution in [0.25, 0.3) is 21.9 Å². The molecule has 0 aliphatic heterocycles. The van der Waals surface area contributed by atoms with Crippen molar-refractivity contribution in [3.8, 4) is 11.8 Å². The van der Waals surface area contributed by atoms with Crippen LogP contribution in [0.15, 0.2) is 36.5 Å². The van der Waals surface area contributed by atoms with Gasteiger partial charge in [0.25, 0.3) is 5.60 Å². The Kier molecular flexibility index (Phi) is 10.6. The van der Waals surface area contributed by atoms with Gasteiger partial charge in [0.1, 0.15) is 24.7 Å². The molecular formula is C34H41F3N4O7Si. The van der Waals surface area contributed by atoms with E-state index in [0.29, 0.717) is 5.56 Å². The van der Waals surface area contributed by atoms with Crippen LogP contribution in [0.5, 0.6) is 5.75 Å². The van der Waals surface area contributed by atoms with Crippen molar-refractivity contribution in [3.05, 3.63) is 59.0 Å². The summed E-state index contributed by atoms with van der Waals surface area (Å²) >= 11 is 0. The van der Waals surface area contributed by atoms with Crippen LogP contribution >= 0.6 is 0 Å². The Bertz CT molecular complexity index is 1920. The fraction of sp³-hybridized carbons (Fsp3) is 0.471. The van der Waals surface area contributed by atoms with Crippen LogP contribution in [-0.2, 0) is 36.1 Å². The van der Waals surface area contributed by atoms with Gasteiger partial charge in [-0.05, 0) is 69.6 Å². The zero-order chi connectivity index (χ0) is 36.5. The van der Waals surface area contributed by atoms with Crippen LogP contribution in [0, 0.1) is 18.3 Å². The molecule has 0 spiro atoms. The minimum Gasteiger partial charge on any atom is -0.496 e. The maximum absolute atomic E-state index is 16.3. The molecule has 0 bridgehead atoms. The van der Waals surface area contributed by atoms with Gasteiger partial charge < -0.3 is 28.3 Å². The quantitative estimate of drug-likeness (QED) is 0.0901. The van der Waals surface area contributed by atoms with Crippen molar-refractivity contribution in [2.45, 2.75) is 77.5 Å². The lowest BCUT2D eigenvalue weighted by molar-refractivity contribution is -0.270. The van der Waals surface area contributed by atoms with E-state index >= 15 is 13.2 Å². The fourth-order valence-corrected chi connectivity index (χ4v) is 6.20. The molecule has 264 valence electrons. The van der Waals surface area contributed by atoms with Gasteiger partial charge in [0, 0.05) is 26.3 Å². The largest absolute Gasteiger partial charge is 0.496 e. The maximum atomic E-state index is 16.3. The highest BCUT2D eigenvalue weighted by Crippen LogP contribution is 2.53. The lowest BCUT2D eigenvalue weighted by Crippen LogP contribution is -2.49. The van der Waals surface area contributed by atoms with Crippen molar-refractivity contribution in [1.29, 1.82) is 5.26 Å². The number of halogens is 3. The second kappa shape index (κ2) is 13.8. The number of alkyl halides is 3. The van der Waals surface area contributed by atoms with Gasteiger partial charge >= 0.3 is 18.2 Å². The van der Waals surface area contributed by atoms with E-state index in [4.69, 9.17) is 23.7 Å². The number of rotatable bonds is 11. The van der Waals surface area contributed by atoms with Crippen LogP contribution < -0.4 is 4.74 Å². The normalized spacial score (nSPS) is 13.7. The van der Waals surface area contributed by atoms with Gasteiger partial charge in [-0.15, -0.1) is 0 Å². The highest BCUT2D eigenvalue weighted by molar-refractivity contribution is 6.76. The molecule has 0 radical (unpaired) electrons. The Morgan fingerprint density at radius 3 is 2.33 bits per heavy atom. The van der Waals surface area contributed by atoms with Crippen LogP contribution in [0.2, 0.25) is 25.7 Å². The number of carbonyl (C=O) groups is 2. The number of ether oxygens (including phenoxy) is 5. The van der Waals surface area contributed by atoms with Crippen LogP contribution in [-0.4, -0.2) is 73.5 Å². The molecular weight excluding hydrogens is 661 g/mol. The van der Waals surface area contributed by atoms with E-state index in [-0.39, 0.29) is 46.6 Å². The number of aromatic nitrogens is 3. The number of esters is 1. The van der Waals surface area contributed by atoms with E-state index in [1.54, 1.807) is 27.7 Å². The molecule has 1 unspecified atom stereocenters. The molecule has 1 atom stereocenters. The number of fused-ring (bicyclic) bond motifs is 2. The van der Waals surface area contributed by atoms with Crippen molar-refractivity contribution < 1.29 is 46.4 Å². The predicted octanol–water partition coefficient (Wildman–Crippen LogP) is 7.27. The molecule has 2 aromatic carbocycles. The minimum atomic E-state index is -5.32. The topological polar surface area (TPSA) is 127 Å². The first kappa shape index (κ1) is 37.4. The molecule has 2 heterocycles. The molecule has 2 aromatic heterocycles. The standard InChI is InChI=1S/C34H41F3N4O7Si/c1-21-16-26(44-5)28(23-12-13-40(29(21)23)31(43)48-32(2,3)4)33(34(35,36)37,47-19-27(42)45-6)30-39-24-11-10-22(18-38)17-25(24)41(30)20-46-14-15-49(7,8)9/h10-13,16-17H,14-15,19-20H2,1-9H3. The summed E-state index contributed by atoms with van der Waals surface area (Å²) in [7, 11) is 0.646. The summed E-state index contributed by atoms with van der Waals surface area (Å²) in [5, 5.41) is 9.58. The first-order valence-electron chi connectivity index (χ1n) is 15.5. The molecule has 0 N–H and O–H groups in total. The highest BCUT2D eigenvalue weighted by Gasteiger charge is 2.64. The second-order valence-corrected chi connectivity index (χ2v) is 19.4. The number of methoxy groups -OCH3 is 2. The number of benzene rings is 2. The minimum absolute atomic E-state index is 0.0686. The molecule has 0 saturated carbocycles. The van der Waals surface area contributed by atoms with E-state index in [9.17, 15) is 14.9 Å². The zero-order valence-corrected chi connectivity index (χ0v) is 30.1. The van der Waals surface area contributed by atoms with Gasteiger partial charge in [0.15, 0.2) is 5.82 Å². The summed E-state index contributed by atoms with van der Waals surface area (Å²) in [6, 6.07) is 9.70. The summed E-state index contributed by atoms with van der Waals surface area (Å²) in [6.07, 6.45) is -4.83. The number of hydrogen-bond donors (Lipinski definition) is 0. The SMILES string of the molecule is COC(=O)COC(c1c(OC)cc(C)c2c1ccn2C(=O)OC(C)(C)C)(c1nc2ccc(C#N)cc2n1COCC[Si](C)(C)C)C(F)(F)F. The molecule has 49 heavy (non-hydrogen) atoms. The molecule has 15 heteroatoms. The van der Waals surface area contributed by atoms with Gasteiger partial charge in [0.05, 0.1) is 48.0 Å². The highest BCUT2D eigenvalue weighted by atomic mass is 28.3. The van der Waals surface area contributed by atoms with Gasteiger partial charge in [-0.3, -0.25) is 4.57 Å². The molecule has 0 amide bonds. The van der Waals surface area contributed by atoms with E-state index in [2.05, 4.69) is 24.6 Å². The van der Waals surface area contributed by atoms with E-state index in [1.165, 1.54) is 48.2 Å². The number of carbonyl (C=O) groups excluding carboxylic acids is 2. The average molecular weight is 703 g/mol. The number of imidazole rings is 1. The third-order valence-electron chi connectivity index (χ3n) is 7.73. The molecule has 4 aromatic rings. The van der Waals surface area contributed by atoms with Crippen molar-refractivity contribution in [2.75, 3.05) is 27.4 Å². The Labute approximate surface area is 283 Å². The number of nitrogens with zero attached hydrogens (tertiary/aromatic N) is 4. The smallest absolute Gasteiger partial charge is 0.429 e. The maximum Gasteiger partial charge on any atom is 0.429 e. The van der Waals surface area contributed by atoms with Crippen LogP contribution in [0.3, 0.4) is 0 Å². The summed E-state index contributed by atoms with van der Waals surface area (Å²) in [5.41, 5.74) is -4.00. The van der Waals surface area contributed by atoms with Crippen LogP contribution in [0.1, 0.15) is 43.3 Å². The first-order valence-corrected chi connectivity index (χ1v) is 19.2. The third-order valence-corrected chi connectivity index (χ3v) is 9.43. The van der Waals surface area contributed by atoms with Crippen molar-refractivity contribution in [2.24, 2.45) is 0 Å². The molecule has 11 nitrogen and oxygen atoms in total. The van der Waals surface area contributed by atoms with Crippen LogP contribution in [0.4, 0.5) is 18.0 Å². The Balaban J connectivity index is 2.15. The first-order chi connectivity index (χ1) is 22.8. The van der Waals surface area contributed by atoms with Gasteiger partial charge in [0.2, 0.25) is 0 Å². The predicted molar refractivity (Wildman–Crippen MR) is 178 cm³/mol. The zero-order valence-electron chi connectivity index (χ0n) is 29.1. The van der Waals surface area contributed by atoms with E-state index in [0.717, 1.165) is 17.7 Å². The van der Waals surface area contributed by atoms with Gasteiger partial charge in [-0.1, -0.05) is 19.6 Å². The van der Waals surface area contributed by atoms with Crippen molar-refractivity contribution in [3.63, 3.8) is 0 Å². The summed E-state index contributed by atoms with van der Waals surface area (Å²) in [5.74, 6) is -2.01. The third kappa shape index (κ3) is 7.61. The number of nitriles is 1. The van der Waals surface area contributed by atoms with E-state index < -0.39 is 55.5 Å². The Morgan fingerprint density at radius 2 is 1.76 bits per heavy atom. The lowest BCUT2D eigenvalue weighted by atomic mass is 9.86. The summed E-state index contributed by atoms with van der Waals surface area (Å²) < 4.78 is 78.7. The van der Waals surface area contributed by atoms with E-state index in [1.807, 2.05) is 6.07 Å². The summed E-state index contributed by atoms with van der Waals surface area (Å²) in [4.78, 5) is 30.3. The number of aryl methyl sites for hydroxylation is 1. The lowest BCUT2D eigenvalue weighted by Gasteiger charge is -2.37. The van der Waals surface area contributed by atoms with Crippen molar-refractivity contribution in [1.82, 2.24) is 14.1 Å². The van der Waals surface area contributed by atoms with Gasteiger partial charge in [-0.25, -0.2) is 14.6 Å². The van der Waals surface area contributed by atoms with Gasteiger partial charge in [-0.2, -0.15) is 18.4 Å². The van der Waals surface area contributed by atoms with Crippen molar-refractivity contribution >= 4 is 42.1 Å². The molecule has 0 saturated heterocycles. The molecule has 0 aliphatic carbocycles. The Morgan fingerprint density at radius 1 is 1.06 bits per heavy atom. The molecule has 4 rings (SSSR count). The fourth-order valence-electron chi connectivity index (χ4n) is 5.44. The Hall–Kier alpha value is -4.39. The average Bonchev–Trinajstić information content (AvgIpc) is 3.60. The monoisotopic (exact) mass is 702 g/mol. The molecule has 0 aliphatic rings.